The van der Waals surface area contributed by atoms with E-state index in [9.17, 15) is 4.79 Å². The molecule has 1 aromatic rings. The van der Waals surface area contributed by atoms with Crippen molar-refractivity contribution in [1.82, 2.24) is 20.4 Å². The van der Waals surface area contributed by atoms with E-state index in [0.29, 0.717) is 6.54 Å². The molecule has 0 atom stereocenters. The van der Waals surface area contributed by atoms with Crippen LogP contribution in [0.1, 0.15) is 26.7 Å². The Bertz CT molecular complexity index is 436. The molecule has 112 valence electrons. The van der Waals surface area contributed by atoms with E-state index in [1.807, 2.05) is 26.1 Å². The molecule has 1 aliphatic heterocycles. The van der Waals surface area contributed by atoms with E-state index in [1.165, 1.54) is 0 Å². The summed E-state index contributed by atoms with van der Waals surface area (Å²) in [6.45, 7) is 6.03. The van der Waals surface area contributed by atoms with Crippen LogP contribution in [0.3, 0.4) is 0 Å². The van der Waals surface area contributed by atoms with Crippen LogP contribution in [0.4, 0.5) is 0 Å². The van der Waals surface area contributed by atoms with E-state index in [1.54, 1.807) is 18.0 Å². The Morgan fingerprint density at radius 3 is 2.75 bits per heavy atom. The van der Waals surface area contributed by atoms with E-state index < -0.39 is 5.54 Å². The number of nitrogens with zero attached hydrogens (tertiary/aromatic N) is 2. The number of nitrogens with one attached hydrogen (secondary N) is 2. The van der Waals surface area contributed by atoms with Gasteiger partial charge in [0.25, 0.3) is 0 Å². The molecule has 1 amide bonds. The Balaban J connectivity index is 2.13. The number of rotatable bonds is 5. The molecule has 0 unspecified atom stereocenters. The molecular formula is C14H24N4O2. The zero-order valence-electron chi connectivity index (χ0n) is 12.5. The number of carbonyl (C=O) groups excluding carboxylic acids is 1. The third-order valence-corrected chi connectivity index (χ3v) is 4.02. The van der Waals surface area contributed by atoms with Crippen LogP contribution in [0.2, 0.25) is 0 Å². The van der Waals surface area contributed by atoms with E-state index in [4.69, 9.17) is 4.74 Å². The molecule has 2 rings (SSSR count). The first-order valence-corrected chi connectivity index (χ1v) is 7.04. The minimum Gasteiger partial charge on any atom is -0.377 e. The fourth-order valence-corrected chi connectivity index (χ4v) is 2.45. The number of ether oxygens (including phenoxy) is 1. The standard InChI is InChI=1S/C14H24N4O2/c1-13(2,20-3)11-16-12(19)14(5-8-15-9-6-14)18-10-4-7-17-18/h4,7,10,15H,5-6,8-9,11H2,1-3H3,(H,16,19). The fourth-order valence-electron chi connectivity index (χ4n) is 2.45. The molecule has 2 heterocycles. The van der Waals surface area contributed by atoms with Crippen molar-refractivity contribution in [3.63, 3.8) is 0 Å². The Morgan fingerprint density at radius 1 is 1.50 bits per heavy atom. The molecule has 20 heavy (non-hydrogen) atoms. The van der Waals surface area contributed by atoms with Crippen LogP contribution in [-0.4, -0.2) is 48.0 Å². The minimum absolute atomic E-state index is 0.0211. The Kier molecular flexibility index (Phi) is 4.45. The quantitative estimate of drug-likeness (QED) is 0.824. The second-order valence-electron chi connectivity index (χ2n) is 5.88. The summed E-state index contributed by atoms with van der Waals surface area (Å²) >= 11 is 0. The zero-order chi connectivity index (χ0) is 14.6. The summed E-state index contributed by atoms with van der Waals surface area (Å²) in [4.78, 5) is 12.7. The minimum atomic E-state index is -0.585. The molecule has 0 saturated carbocycles. The molecule has 0 spiro atoms. The van der Waals surface area contributed by atoms with Crippen LogP contribution in [0, 0.1) is 0 Å². The summed E-state index contributed by atoms with van der Waals surface area (Å²) in [7, 11) is 1.65. The van der Waals surface area contributed by atoms with Crippen molar-refractivity contribution < 1.29 is 9.53 Å². The predicted octanol–water partition coefficient (Wildman–Crippen LogP) is 0.503. The summed E-state index contributed by atoms with van der Waals surface area (Å²) in [5, 5.41) is 10.6. The van der Waals surface area contributed by atoms with Gasteiger partial charge in [-0.2, -0.15) is 5.10 Å². The number of methoxy groups -OCH3 is 1. The van der Waals surface area contributed by atoms with Gasteiger partial charge in [0.15, 0.2) is 0 Å². The lowest BCUT2D eigenvalue weighted by Gasteiger charge is -2.37. The van der Waals surface area contributed by atoms with Crippen molar-refractivity contribution in [3.05, 3.63) is 18.5 Å². The van der Waals surface area contributed by atoms with Crippen molar-refractivity contribution in [3.8, 4) is 0 Å². The second kappa shape index (κ2) is 5.93. The van der Waals surface area contributed by atoms with Gasteiger partial charge < -0.3 is 15.4 Å². The molecule has 6 nitrogen and oxygen atoms in total. The summed E-state index contributed by atoms with van der Waals surface area (Å²) in [6.07, 6.45) is 5.07. The SMILES string of the molecule is COC(C)(C)CNC(=O)C1(n2cccn2)CCNCC1. The maximum absolute atomic E-state index is 12.7. The molecule has 0 radical (unpaired) electrons. The molecule has 1 aliphatic rings. The van der Waals surface area contributed by atoms with Crippen molar-refractivity contribution in [1.29, 1.82) is 0 Å². The van der Waals surface area contributed by atoms with E-state index in [-0.39, 0.29) is 11.5 Å². The van der Waals surface area contributed by atoms with Crippen molar-refractivity contribution in [2.75, 3.05) is 26.7 Å². The van der Waals surface area contributed by atoms with E-state index in [2.05, 4.69) is 15.7 Å². The van der Waals surface area contributed by atoms with Gasteiger partial charge in [0, 0.05) is 26.0 Å². The van der Waals surface area contributed by atoms with Gasteiger partial charge in [-0.05, 0) is 45.8 Å². The van der Waals surface area contributed by atoms with Crippen LogP contribution in [-0.2, 0) is 15.1 Å². The van der Waals surface area contributed by atoms with Crippen LogP contribution < -0.4 is 10.6 Å². The fraction of sp³-hybridized carbons (Fsp3) is 0.714. The maximum Gasteiger partial charge on any atom is 0.248 e. The lowest BCUT2D eigenvalue weighted by Crippen LogP contribution is -2.56. The molecule has 1 saturated heterocycles. The molecule has 0 aromatic carbocycles. The number of hydrogen-bond donors (Lipinski definition) is 2. The van der Waals surface area contributed by atoms with Crippen LogP contribution in [0.25, 0.3) is 0 Å². The predicted molar refractivity (Wildman–Crippen MR) is 76.4 cm³/mol. The van der Waals surface area contributed by atoms with Crippen molar-refractivity contribution in [2.45, 2.75) is 37.8 Å². The Hall–Kier alpha value is -1.40. The highest BCUT2D eigenvalue weighted by Gasteiger charge is 2.42. The average molecular weight is 280 g/mol. The number of piperidine rings is 1. The smallest absolute Gasteiger partial charge is 0.248 e. The normalized spacial score (nSPS) is 18.8. The van der Waals surface area contributed by atoms with Gasteiger partial charge in [-0.15, -0.1) is 0 Å². The highest BCUT2D eigenvalue weighted by atomic mass is 16.5. The number of carbonyl (C=O) groups is 1. The molecule has 0 aliphatic carbocycles. The highest BCUT2D eigenvalue weighted by Crippen LogP contribution is 2.27. The van der Waals surface area contributed by atoms with Crippen LogP contribution in [0.5, 0.6) is 0 Å². The summed E-state index contributed by atoms with van der Waals surface area (Å²) in [6, 6.07) is 1.86. The van der Waals surface area contributed by atoms with Gasteiger partial charge in [-0.1, -0.05) is 0 Å². The number of aromatic nitrogens is 2. The third-order valence-electron chi connectivity index (χ3n) is 4.02. The first-order chi connectivity index (χ1) is 9.50. The third kappa shape index (κ3) is 3.02. The molecule has 1 aromatic heterocycles. The van der Waals surface area contributed by atoms with Gasteiger partial charge >= 0.3 is 0 Å². The van der Waals surface area contributed by atoms with Crippen molar-refractivity contribution in [2.24, 2.45) is 0 Å². The molecule has 1 fully saturated rings. The topological polar surface area (TPSA) is 68.2 Å². The molecule has 6 heteroatoms. The maximum atomic E-state index is 12.7. The zero-order valence-corrected chi connectivity index (χ0v) is 12.5. The largest absolute Gasteiger partial charge is 0.377 e. The lowest BCUT2D eigenvalue weighted by molar-refractivity contribution is -0.133. The van der Waals surface area contributed by atoms with Crippen LogP contribution in [0.15, 0.2) is 18.5 Å². The average Bonchev–Trinajstić information content (AvgIpc) is 3.00. The van der Waals surface area contributed by atoms with Gasteiger partial charge in [-0.25, -0.2) is 0 Å². The summed E-state index contributed by atoms with van der Waals surface area (Å²) in [5.74, 6) is 0.0211. The molecule has 2 N–H and O–H groups in total. The molecular weight excluding hydrogens is 256 g/mol. The summed E-state index contributed by atoms with van der Waals surface area (Å²) < 4.78 is 7.14. The van der Waals surface area contributed by atoms with Gasteiger partial charge in [-0.3, -0.25) is 9.48 Å². The lowest BCUT2D eigenvalue weighted by atomic mass is 9.87. The Morgan fingerprint density at radius 2 is 2.20 bits per heavy atom. The number of hydrogen-bond acceptors (Lipinski definition) is 4. The van der Waals surface area contributed by atoms with E-state index >= 15 is 0 Å². The van der Waals surface area contributed by atoms with Gasteiger partial charge in [0.05, 0.1) is 5.60 Å². The highest BCUT2D eigenvalue weighted by molar-refractivity contribution is 5.84. The first kappa shape index (κ1) is 15.0. The van der Waals surface area contributed by atoms with Gasteiger partial charge in [0.1, 0.15) is 5.54 Å². The summed E-state index contributed by atoms with van der Waals surface area (Å²) in [5.41, 5.74) is -0.952. The van der Waals surface area contributed by atoms with Crippen molar-refractivity contribution >= 4 is 5.91 Å². The van der Waals surface area contributed by atoms with E-state index in [0.717, 1.165) is 25.9 Å². The number of amides is 1. The second-order valence-corrected chi connectivity index (χ2v) is 5.88. The first-order valence-electron chi connectivity index (χ1n) is 7.04. The molecule has 0 bridgehead atoms. The van der Waals surface area contributed by atoms with Crippen LogP contribution >= 0.6 is 0 Å². The monoisotopic (exact) mass is 280 g/mol. The van der Waals surface area contributed by atoms with Gasteiger partial charge in [0.2, 0.25) is 5.91 Å². The Labute approximate surface area is 119 Å².